The smallest absolute Gasteiger partial charge is 0.390 e. The number of pyridine rings is 1. The molecule has 3 aromatic rings. The SMILES string of the molecule is CC(C)(O)CCn1cc2cc(NC(=O)c3cccc(C(F)(F)F)n3)cc(C(C)(C)O)c2n1. The number of alkyl halides is 3. The summed E-state index contributed by atoms with van der Waals surface area (Å²) in [7, 11) is 0. The molecular formula is C22H25F3N4O3. The number of aliphatic hydroxyl groups is 2. The van der Waals surface area contributed by atoms with Crippen molar-refractivity contribution in [3.63, 3.8) is 0 Å². The van der Waals surface area contributed by atoms with Crippen LogP contribution in [0.15, 0.2) is 36.5 Å². The molecular weight excluding hydrogens is 425 g/mol. The second-order valence-electron chi connectivity index (χ2n) is 8.84. The largest absolute Gasteiger partial charge is 0.433 e. The van der Waals surface area contributed by atoms with Crippen LogP contribution in [-0.2, 0) is 18.3 Å². The summed E-state index contributed by atoms with van der Waals surface area (Å²) in [6.07, 6.45) is -2.50. The Kier molecular flexibility index (Phi) is 6.05. The maximum absolute atomic E-state index is 12.9. The predicted molar refractivity (Wildman–Crippen MR) is 113 cm³/mol. The minimum atomic E-state index is -4.67. The molecule has 0 unspecified atom stereocenters. The van der Waals surface area contributed by atoms with Crippen LogP contribution in [0, 0.1) is 0 Å². The molecule has 2 heterocycles. The van der Waals surface area contributed by atoms with Crippen LogP contribution in [0.3, 0.4) is 0 Å². The topological polar surface area (TPSA) is 100 Å². The molecule has 7 nitrogen and oxygen atoms in total. The number of hydrogen-bond acceptors (Lipinski definition) is 5. The fraction of sp³-hybridized carbons (Fsp3) is 0.409. The summed E-state index contributed by atoms with van der Waals surface area (Å²) in [4.78, 5) is 16.0. The van der Waals surface area contributed by atoms with Crippen LogP contribution in [0.1, 0.15) is 55.9 Å². The second kappa shape index (κ2) is 8.18. The van der Waals surface area contributed by atoms with Gasteiger partial charge in [0.1, 0.15) is 11.4 Å². The lowest BCUT2D eigenvalue weighted by atomic mass is 9.95. The Morgan fingerprint density at radius 2 is 1.81 bits per heavy atom. The molecule has 3 rings (SSSR count). The van der Waals surface area contributed by atoms with E-state index < -0.39 is 29.0 Å². The molecule has 0 aliphatic heterocycles. The molecule has 172 valence electrons. The number of hydrogen-bond donors (Lipinski definition) is 3. The van der Waals surface area contributed by atoms with Crippen molar-refractivity contribution in [2.24, 2.45) is 0 Å². The number of carbonyl (C=O) groups is 1. The predicted octanol–water partition coefficient (Wildman–Crippen LogP) is 4.09. The van der Waals surface area contributed by atoms with Crippen molar-refractivity contribution in [3.05, 3.63) is 53.5 Å². The van der Waals surface area contributed by atoms with Crippen molar-refractivity contribution in [1.82, 2.24) is 14.8 Å². The number of halogens is 3. The monoisotopic (exact) mass is 450 g/mol. The lowest BCUT2D eigenvalue weighted by Crippen LogP contribution is -2.21. The van der Waals surface area contributed by atoms with E-state index in [1.807, 2.05) is 0 Å². The van der Waals surface area contributed by atoms with Crippen molar-refractivity contribution >= 4 is 22.5 Å². The van der Waals surface area contributed by atoms with Gasteiger partial charge in [-0.15, -0.1) is 0 Å². The van der Waals surface area contributed by atoms with Crippen LogP contribution >= 0.6 is 0 Å². The minimum Gasteiger partial charge on any atom is -0.390 e. The van der Waals surface area contributed by atoms with Crippen molar-refractivity contribution < 1.29 is 28.2 Å². The van der Waals surface area contributed by atoms with E-state index in [1.165, 1.54) is 12.1 Å². The fourth-order valence-electron chi connectivity index (χ4n) is 3.14. The highest BCUT2D eigenvalue weighted by Crippen LogP contribution is 2.32. The number of anilines is 1. The van der Waals surface area contributed by atoms with Gasteiger partial charge in [0.25, 0.3) is 5.91 Å². The van der Waals surface area contributed by atoms with E-state index in [0.29, 0.717) is 29.4 Å². The molecule has 3 N–H and O–H groups in total. The maximum atomic E-state index is 12.9. The van der Waals surface area contributed by atoms with E-state index in [-0.39, 0.29) is 11.4 Å². The highest BCUT2D eigenvalue weighted by Gasteiger charge is 2.33. The molecule has 0 atom stereocenters. The molecule has 0 saturated heterocycles. The van der Waals surface area contributed by atoms with E-state index in [0.717, 1.165) is 12.1 Å². The van der Waals surface area contributed by atoms with Gasteiger partial charge in [-0.25, -0.2) is 4.98 Å². The molecule has 0 fully saturated rings. The first-order chi connectivity index (χ1) is 14.6. The van der Waals surface area contributed by atoms with Gasteiger partial charge in [0, 0.05) is 29.4 Å². The lowest BCUT2D eigenvalue weighted by Gasteiger charge is -2.19. The summed E-state index contributed by atoms with van der Waals surface area (Å²) >= 11 is 0. The van der Waals surface area contributed by atoms with Gasteiger partial charge in [-0.2, -0.15) is 18.3 Å². The Hall–Kier alpha value is -2.98. The summed E-state index contributed by atoms with van der Waals surface area (Å²) in [6, 6.07) is 6.24. The van der Waals surface area contributed by atoms with Crippen LogP contribution in [0.2, 0.25) is 0 Å². The Labute approximate surface area is 182 Å². The molecule has 0 radical (unpaired) electrons. The number of amides is 1. The zero-order valence-electron chi connectivity index (χ0n) is 18.2. The maximum Gasteiger partial charge on any atom is 0.433 e. The number of nitrogens with one attached hydrogen (secondary N) is 1. The lowest BCUT2D eigenvalue weighted by molar-refractivity contribution is -0.141. The van der Waals surface area contributed by atoms with E-state index in [4.69, 9.17) is 0 Å². The number of nitrogens with zero attached hydrogens (tertiary/aromatic N) is 3. The van der Waals surface area contributed by atoms with Crippen molar-refractivity contribution in [2.45, 2.75) is 58.0 Å². The quantitative estimate of drug-likeness (QED) is 0.525. The standard InChI is InChI=1S/C22H25F3N4O3/c1-20(2,31)8-9-29-12-13-10-14(11-15(18(13)28-29)21(3,4)32)26-19(30)16-6-5-7-17(27-16)22(23,24)25/h5-7,10-12,31-32H,8-9H2,1-4H3,(H,26,30). The van der Waals surface area contributed by atoms with E-state index in [9.17, 15) is 28.2 Å². The number of aromatic nitrogens is 3. The summed E-state index contributed by atoms with van der Waals surface area (Å²) in [5.41, 5.74) is -2.50. The molecule has 32 heavy (non-hydrogen) atoms. The molecule has 0 bridgehead atoms. The first-order valence-electron chi connectivity index (χ1n) is 9.95. The Bertz CT molecular complexity index is 1140. The van der Waals surface area contributed by atoms with Crippen molar-refractivity contribution in [1.29, 1.82) is 0 Å². The van der Waals surface area contributed by atoms with Gasteiger partial charge in [0.2, 0.25) is 0 Å². The zero-order valence-corrected chi connectivity index (χ0v) is 18.2. The molecule has 0 aliphatic rings. The molecule has 0 aliphatic carbocycles. The summed E-state index contributed by atoms with van der Waals surface area (Å²) in [5, 5.41) is 28.2. The molecule has 2 aromatic heterocycles. The number of aryl methyl sites for hydroxylation is 1. The average Bonchev–Trinajstić information content (AvgIpc) is 3.06. The zero-order chi connectivity index (χ0) is 23.9. The number of carbonyl (C=O) groups excluding carboxylic acids is 1. The van der Waals surface area contributed by atoms with Gasteiger partial charge in [-0.05, 0) is 58.4 Å². The third kappa shape index (κ3) is 5.63. The van der Waals surface area contributed by atoms with E-state index in [1.54, 1.807) is 44.6 Å². The normalized spacial score (nSPS) is 12.9. The van der Waals surface area contributed by atoms with Gasteiger partial charge in [-0.1, -0.05) is 6.07 Å². The minimum absolute atomic E-state index is 0.279. The Balaban J connectivity index is 1.95. The molecule has 0 spiro atoms. The molecule has 1 aromatic carbocycles. The van der Waals surface area contributed by atoms with E-state index in [2.05, 4.69) is 15.4 Å². The summed E-state index contributed by atoms with van der Waals surface area (Å²) in [5.74, 6) is -0.813. The van der Waals surface area contributed by atoms with Gasteiger partial charge in [0.15, 0.2) is 0 Å². The van der Waals surface area contributed by atoms with Gasteiger partial charge in [-0.3, -0.25) is 9.48 Å². The second-order valence-corrected chi connectivity index (χ2v) is 8.84. The average molecular weight is 450 g/mol. The van der Waals surface area contributed by atoms with E-state index >= 15 is 0 Å². The highest BCUT2D eigenvalue weighted by molar-refractivity contribution is 6.04. The Morgan fingerprint density at radius 3 is 2.41 bits per heavy atom. The first kappa shape index (κ1) is 23.7. The third-order valence-electron chi connectivity index (χ3n) is 4.80. The molecule has 0 saturated carbocycles. The summed E-state index contributed by atoms with van der Waals surface area (Å²) < 4.78 is 40.4. The number of rotatable bonds is 6. The third-order valence-corrected chi connectivity index (χ3v) is 4.80. The van der Waals surface area contributed by atoms with Crippen LogP contribution < -0.4 is 5.32 Å². The first-order valence-corrected chi connectivity index (χ1v) is 9.95. The van der Waals surface area contributed by atoms with Crippen LogP contribution in [0.25, 0.3) is 10.9 Å². The van der Waals surface area contributed by atoms with Crippen molar-refractivity contribution in [2.75, 3.05) is 5.32 Å². The molecule has 1 amide bonds. The highest BCUT2D eigenvalue weighted by atomic mass is 19.4. The molecule has 10 heteroatoms. The van der Waals surface area contributed by atoms with Gasteiger partial charge in [0.05, 0.1) is 16.7 Å². The van der Waals surface area contributed by atoms with Gasteiger partial charge < -0.3 is 15.5 Å². The van der Waals surface area contributed by atoms with Gasteiger partial charge >= 0.3 is 6.18 Å². The van der Waals surface area contributed by atoms with Crippen molar-refractivity contribution in [3.8, 4) is 0 Å². The Morgan fingerprint density at radius 1 is 1.12 bits per heavy atom. The van der Waals surface area contributed by atoms with Crippen LogP contribution in [0.4, 0.5) is 18.9 Å². The summed E-state index contributed by atoms with van der Waals surface area (Å²) in [6.45, 7) is 6.94. The number of benzene rings is 1. The number of fused-ring (bicyclic) bond motifs is 1. The van der Waals surface area contributed by atoms with Crippen LogP contribution in [-0.4, -0.2) is 36.5 Å². The fourth-order valence-corrected chi connectivity index (χ4v) is 3.14. The van der Waals surface area contributed by atoms with Crippen LogP contribution in [0.5, 0.6) is 0 Å².